The molecule has 0 fully saturated rings. The van der Waals surface area contributed by atoms with Gasteiger partial charge in [0.1, 0.15) is 0 Å². The maximum Gasteiger partial charge on any atom is 0.417 e. The number of halogens is 3. The lowest BCUT2D eigenvalue weighted by atomic mass is 10.3. The van der Waals surface area contributed by atoms with Crippen LogP contribution in [-0.4, -0.2) is 23.3 Å². The van der Waals surface area contributed by atoms with Gasteiger partial charge in [0.2, 0.25) is 0 Å². The van der Waals surface area contributed by atoms with Crippen LogP contribution in [0.3, 0.4) is 0 Å². The van der Waals surface area contributed by atoms with Crippen LogP contribution in [0.15, 0.2) is 35.5 Å². The molecule has 0 bridgehead atoms. The molecular formula is C13H17F3N2S. The zero-order valence-corrected chi connectivity index (χ0v) is 11.7. The van der Waals surface area contributed by atoms with Gasteiger partial charge in [-0.05, 0) is 12.1 Å². The number of pyridine rings is 1. The van der Waals surface area contributed by atoms with Gasteiger partial charge in [0.25, 0.3) is 0 Å². The highest BCUT2D eigenvalue weighted by Crippen LogP contribution is 2.29. The van der Waals surface area contributed by atoms with Crippen LogP contribution in [0.1, 0.15) is 19.4 Å². The third-order valence-corrected chi connectivity index (χ3v) is 3.34. The molecule has 0 aliphatic rings. The summed E-state index contributed by atoms with van der Waals surface area (Å²) in [6.45, 7) is 8.69. The van der Waals surface area contributed by atoms with E-state index in [4.69, 9.17) is 0 Å². The Kier molecular flexibility index (Phi) is 5.87. The summed E-state index contributed by atoms with van der Waals surface area (Å²) in [5.41, 5.74) is 0.262. The van der Waals surface area contributed by atoms with E-state index >= 15 is 0 Å². The first kappa shape index (κ1) is 16.0. The van der Waals surface area contributed by atoms with Crippen LogP contribution >= 0.6 is 11.8 Å². The van der Waals surface area contributed by atoms with Gasteiger partial charge in [-0.3, -0.25) is 0 Å². The molecule has 0 saturated carbocycles. The molecule has 6 heteroatoms. The second-order valence-electron chi connectivity index (χ2n) is 4.46. The first-order chi connectivity index (χ1) is 8.79. The fourth-order valence-electron chi connectivity index (χ4n) is 1.21. The fourth-order valence-corrected chi connectivity index (χ4v) is 1.95. The van der Waals surface area contributed by atoms with Crippen LogP contribution in [0.5, 0.6) is 0 Å². The van der Waals surface area contributed by atoms with Crippen molar-refractivity contribution in [3.05, 3.63) is 36.0 Å². The number of alkyl halides is 3. The molecule has 0 amide bonds. The molecule has 0 aromatic carbocycles. The minimum Gasteiger partial charge on any atom is -0.311 e. The lowest BCUT2D eigenvalue weighted by molar-refractivity contribution is -0.137. The monoisotopic (exact) mass is 290 g/mol. The molecule has 0 aliphatic carbocycles. The van der Waals surface area contributed by atoms with E-state index in [1.165, 1.54) is 17.8 Å². The Morgan fingerprint density at radius 3 is 2.58 bits per heavy atom. The Labute approximate surface area is 115 Å². The molecule has 0 aliphatic heterocycles. The summed E-state index contributed by atoms with van der Waals surface area (Å²) in [7, 11) is 0. The maximum atomic E-state index is 12.3. The average molecular weight is 290 g/mol. The van der Waals surface area contributed by atoms with Gasteiger partial charge >= 0.3 is 6.18 Å². The van der Waals surface area contributed by atoms with Crippen LogP contribution in [0.2, 0.25) is 0 Å². The van der Waals surface area contributed by atoms with E-state index in [0.29, 0.717) is 23.4 Å². The molecule has 106 valence electrons. The van der Waals surface area contributed by atoms with Gasteiger partial charge in [0, 0.05) is 24.5 Å². The van der Waals surface area contributed by atoms with E-state index in [1.807, 2.05) is 13.8 Å². The number of hydrogen-bond donors (Lipinski definition) is 1. The lowest BCUT2D eigenvalue weighted by Gasteiger charge is -2.10. The van der Waals surface area contributed by atoms with E-state index in [-0.39, 0.29) is 0 Å². The standard InChI is InChI=1S/C13H17F3N2S/c1-9(2)17-6-10(3)8-19-12-5-4-11(7-18-12)13(14,15)16/h4-5,7,9,17H,3,6,8H2,1-2H3. The normalized spacial score (nSPS) is 11.9. The Hall–Kier alpha value is -1.01. The minimum absolute atomic E-state index is 0.381. The van der Waals surface area contributed by atoms with Crippen molar-refractivity contribution in [3.63, 3.8) is 0 Å². The quantitative estimate of drug-likeness (QED) is 0.638. The summed E-state index contributed by atoms with van der Waals surface area (Å²) in [5.74, 6) is 0.637. The van der Waals surface area contributed by atoms with Crippen molar-refractivity contribution in [2.45, 2.75) is 31.1 Å². The lowest BCUT2D eigenvalue weighted by Crippen LogP contribution is -2.25. The van der Waals surface area contributed by atoms with Gasteiger partial charge in [-0.2, -0.15) is 13.2 Å². The molecule has 19 heavy (non-hydrogen) atoms. The number of aromatic nitrogens is 1. The number of nitrogens with one attached hydrogen (secondary N) is 1. The van der Waals surface area contributed by atoms with Gasteiger partial charge in [0.15, 0.2) is 0 Å². The van der Waals surface area contributed by atoms with Crippen molar-refractivity contribution in [1.29, 1.82) is 0 Å². The van der Waals surface area contributed by atoms with Crippen LogP contribution in [-0.2, 0) is 6.18 Å². The summed E-state index contributed by atoms with van der Waals surface area (Å²) in [5, 5.41) is 3.80. The van der Waals surface area contributed by atoms with E-state index in [0.717, 1.165) is 17.8 Å². The zero-order chi connectivity index (χ0) is 14.5. The summed E-state index contributed by atoms with van der Waals surface area (Å²) < 4.78 is 37.0. The fraction of sp³-hybridized carbons (Fsp3) is 0.462. The molecule has 1 rings (SSSR count). The predicted molar refractivity (Wildman–Crippen MR) is 72.2 cm³/mol. The third-order valence-electron chi connectivity index (χ3n) is 2.25. The zero-order valence-electron chi connectivity index (χ0n) is 10.9. The van der Waals surface area contributed by atoms with Gasteiger partial charge in [-0.15, -0.1) is 11.8 Å². The van der Waals surface area contributed by atoms with Crippen molar-refractivity contribution in [2.75, 3.05) is 12.3 Å². The molecule has 0 atom stereocenters. The highest BCUT2D eigenvalue weighted by molar-refractivity contribution is 7.99. The van der Waals surface area contributed by atoms with Crippen molar-refractivity contribution in [2.24, 2.45) is 0 Å². The van der Waals surface area contributed by atoms with Gasteiger partial charge < -0.3 is 5.32 Å². The van der Waals surface area contributed by atoms with Crippen LogP contribution in [0.4, 0.5) is 13.2 Å². The molecule has 0 saturated heterocycles. The SMILES string of the molecule is C=C(CNC(C)C)CSc1ccc(C(F)(F)F)cn1. The molecule has 1 aromatic rings. The number of rotatable bonds is 6. The molecule has 0 unspecified atom stereocenters. The van der Waals surface area contributed by atoms with Crippen LogP contribution in [0, 0.1) is 0 Å². The average Bonchev–Trinajstić information content (AvgIpc) is 2.33. The van der Waals surface area contributed by atoms with E-state index < -0.39 is 11.7 Å². The number of nitrogens with zero attached hydrogens (tertiary/aromatic N) is 1. The van der Waals surface area contributed by atoms with E-state index in [2.05, 4.69) is 16.9 Å². The third kappa shape index (κ3) is 6.11. The molecule has 1 heterocycles. The Balaban J connectivity index is 2.44. The Bertz CT molecular complexity index is 413. The first-order valence-corrected chi connectivity index (χ1v) is 6.83. The summed E-state index contributed by atoms with van der Waals surface area (Å²) in [6.07, 6.45) is -3.47. The van der Waals surface area contributed by atoms with Gasteiger partial charge in [0.05, 0.1) is 10.6 Å². The van der Waals surface area contributed by atoms with Crippen molar-refractivity contribution in [3.8, 4) is 0 Å². The summed E-state index contributed by atoms with van der Waals surface area (Å²) >= 11 is 1.38. The Morgan fingerprint density at radius 1 is 1.42 bits per heavy atom. The van der Waals surface area contributed by atoms with Crippen molar-refractivity contribution >= 4 is 11.8 Å². The van der Waals surface area contributed by atoms with Gasteiger partial charge in [-0.1, -0.05) is 26.0 Å². The van der Waals surface area contributed by atoms with Crippen LogP contribution < -0.4 is 5.32 Å². The molecule has 1 aromatic heterocycles. The highest BCUT2D eigenvalue weighted by Gasteiger charge is 2.30. The van der Waals surface area contributed by atoms with Crippen molar-refractivity contribution in [1.82, 2.24) is 10.3 Å². The van der Waals surface area contributed by atoms with E-state index in [9.17, 15) is 13.2 Å². The molecule has 1 N–H and O–H groups in total. The maximum absolute atomic E-state index is 12.3. The van der Waals surface area contributed by atoms with E-state index in [1.54, 1.807) is 0 Å². The molecule has 0 radical (unpaired) electrons. The first-order valence-electron chi connectivity index (χ1n) is 5.85. The number of hydrogen-bond acceptors (Lipinski definition) is 3. The predicted octanol–water partition coefficient (Wildman–Crippen LogP) is 3.75. The highest BCUT2D eigenvalue weighted by atomic mass is 32.2. The summed E-state index contributed by atoms with van der Waals surface area (Å²) in [6, 6.07) is 2.81. The molecule has 2 nitrogen and oxygen atoms in total. The Morgan fingerprint density at radius 2 is 2.11 bits per heavy atom. The molecular weight excluding hydrogens is 273 g/mol. The van der Waals surface area contributed by atoms with Crippen LogP contribution in [0.25, 0.3) is 0 Å². The smallest absolute Gasteiger partial charge is 0.311 e. The van der Waals surface area contributed by atoms with Gasteiger partial charge in [-0.25, -0.2) is 4.98 Å². The summed E-state index contributed by atoms with van der Waals surface area (Å²) in [4.78, 5) is 3.79. The molecule has 0 spiro atoms. The largest absolute Gasteiger partial charge is 0.417 e. The number of thioether (sulfide) groups is 1. The topological polar surface area (TPSA) is 24.9 Å². The minimum atomic E-state index is -4.33. The van der Waals surface area contributed by atoms with Crippen molar-refractivity contribution < 1.29 is 13.2 Å². The second kappa shape index (κ2) is 6.96. The second-order valence-corrected chi connectivity index (χ2v) is 5.45.